The quantitative estimate of drug-likeness (QED) is 0.0249. The van der Waals surface area contributed by atoms with Gasteiger partial charge in [0.2, 0.25) is 11.8 Å². The molecule has 29 heteroatoms. The Morgan fingerprint density at radius 2 is 1.43 bits per heavy atom. The summed E-state index contributed by atoms with van der Waals surface area (Å²) in [7, 11) is -16.5. The molecule has 2 aromatic heterocycles. The zero-order valence-electron chi connectivity index (χ0n) is 41.4. The number of aliphatic hydroxyl groups is 3. The molecule has 0 bridgehead atoms. The van der Waals surface area contributed by atoms with E-state index >= 15 is 0 Å². The summed E-state index contributed by atoms with van der Waals surface area (Å²) in [6, 6.07) is 0. The molecule has 11 N–H and O–H groups in total. The number of carbonyl (C=O) groups excluding carboxylic acids is 3. The predicted octanol–water partition coefficient (Wildman–Crippen LogP) is 4.89. The lowest BCUT2D eigenvalue weighted by atomic mass is 9.87. The largest absolute Gasteiger partial charge is 0.481 e. The summed E-state index contributed by atoms with van der Waals surface area (Å²) in [5, 5.41) is 36.6. The minimum absolute atomic E-state index is 0.0242. The normalized spacial score (nSPS) is 20.4. The minimum atomic E-state index is -5.60. The second-order valence-electron chi connectivity index (χ2n) is 17.1. The van der Waals surface area contributed by atoms with E-state index in [-0.39, 0.29) is 53.8 Å². The first-order valence-electron chi connectivity index (χ1n) is 23.6. The average molecular weight is 1120 g/mol. The number of anilines is 1. The number of carbonyl (C=O) groups is 3. The highest BCUT2D eigenvalue weighted by Gasteiger charge is 2.50. The van der Waals surface area contributed by atoms with Gasteiger partial charge in [0.15, 0.2) is 22.8 Å². The highest BCUT2D eigenvalue weighted by atomic mass is 32.2. The number of thioether (sulfide) groups is 1. The molecular weight excluding hydrogens is 1050 g/mol. The minimum Gasteiger partial charge on any atom is -0.393 e. The van der Waals surface area contributed by atoms with E-state index in [1.54, 1.807) is 0 Å². The Hall–Kier alpha value is -4.04. The number of rotatable bonds is 35. The van der Waals surface area contributed by atoms with Crippen LogP contribution in [-0.2, 0) is 50.7 Å². The van der Waals surface area contributed by atoms with Gasteiger partial charge in [0, 0.05) is 37.1 Å². The Balaban J connectivity index is 1.28. The number of nitrogens with two attached hydrogens (primary N) is 1. The van der Waals surface area contributed by atoms with Gasteiger partial charge in [-0.05, 0) is 51.4 Å². The molecule has 2 aromatic rings. The summed E-state index contributed by atoms with van der Waals surface area (Å²) in [6.07, 6.45) is 24.0. The van der Waals surface area contributed by atoms with Crippen LogP contribution in [0.25, 0.3) is 11.2 Å². The van der Waals surface area contributed by atoms with Crippen molar-refractivity contribution in [2.45, 2.75) is 122 Å². The molecular formula is C45H70N7O18P3S. The molecule has 3 rings (SSSR count). The second kappa shape index (κ2) is 32.5. The highest BCUT2D eigenvalue weighted by Crippen LogP contribution is 2.61. The highest BCUT2D eigenvalue weighted by molar-refractivity contribution is 8.13. The third kappa shape index (κ3) is 24.7. The Morgan fingerprint density at radius 3 is 2.03 bits per heavy atom. The van der Waals surface area contributed by atoms with Gasteiger partial charge < -0.3 is 56.0 Å². The van der Waals surface area contributed by atoms with Gasteiger partial charge >= 0.3 is 23.5 Å². The van der Waals surface area contributed by atoms with Gasteiger partial charge in [-0.3, -0.25) is 32.5 Å². The monoisotopic (exact) mass is 1120 g/mol. The molecule has 0 spiro atoms. The van der Waals surface area contributed by atoms with Gasteiger partial charge in [-0.1, -0.05) is 105 Å². The van der Waals surface area contributed by atoms with Gasteiger partial charge in [-0.15, -0.1) is 0 Å². The number of aliphatic hydroxyl groups excluding tert-OH is 3. The molecule has 0 aromatic carbocycles. The number of nitrogens with zero attached hydrogens (tertiary/aromatic N) is 4. The van der Waals surface area contributed by atoms with Crippen LogP contribution in [0.4, 0.5) is 5.82 Å². The number of allylic oxidation sites excluding steroid dienone is 12. The molecule has 2 amide bonds. The number of nitrogens with one attached hydrogen (secondary N) is 2. The van der Waals surface area contributed by atoms with Crippen molar-refractivity contribution in [3.8, 4) is 0 Å². The van der Waals surface area contributed by atoms with Gasteiger partial charge in [0.25, 0.3) is 0 Å². The number of amides is 2. The average Bonchev–Trinajstić information content (AvgIpc) is 3.89. The number of fused-ring (bicyclic) bond motifs is 1. The van der Waals surface area contributed by atoms with Crippen molar-refractivity contribution in [2.75, 3.05) is 37.8 Å². The first kappa shape index (κ1) is 64.2. The summed E-state index contributed by atoms with van der Waals surface area (Å²) in [5.74, 6) is -1.28. The van der Waals surface area contributed by atoms with Crippen molar-refractivity contribution < 1.29 is 85.6 Å². The fourth-order valence-corrected chi connectivity index (χ4v) is 10.1. The second-order valence-corrected chi connectivity index (χ2v) is 22.5. The fourth-order valence-electron chi connectivity index (χ4n) is 6.58. The molecule has 1 aliphatic heterocycles. The van der Waals surface area contributed by atoms with Crippen LogP contribution in [0, 0.1) is 5.41 Å². The molecule has 1 aliphatic rings. The molecule has 0 radical (unpaired) electrons. The van der Waals surface area contributed by atoms with Crippen LogP contribution in [0.3, 0.4) is 0 Å². The first-order chi connectivity index (χ1) is 34.9. The van der Waals surface area contributed by atoms with Crippen molar-refractivity contribution in [3.63, 3.8) is 0 Å². The summed E-state index contributed by atoms with van der Waals surface area (Å²) < 4.78 is 62.5. The smallest absolute Gasteiger partial charge is 0.393 e. The van der Waals surface area contributed by atoms with E-state index in [9.17, 15) is 63.0 Å². The standard InChI is InChI=1S/C45H70N7O18P3S/c1-4-5-6-7-8-9-10-11-12-13-14-15-16-17-18-19-20-21-22-23-33(53)28-36(55)74-27-26-47-35(54)24-25-48-43(58)40(57)45(2,3)30-67-73(64,65)70-72(62,63)66-29-34-39(69-71(59,60)61)38(56)44(68-34)52-32-51-37-41(46)49-31-50-42(37)52/h5-6,8-9,11-12,14-15,17-18,20-21,31-34,38-40,44,53,56-57H,4,7,10,13,16,19,22-30H2,1-3H3,(H,47,54)(H,48,58)(H,62,63)(H,64,65)(H2,46,49,50)(H2,59,60,61)/b6-5-,9-8-,12-11-,15-14-,18-17-,21-20-/t33-,34-,38+,39+,40?,44-/m0/s1. The first-order valence-corrected chi connectivity index (χ1v) is 29.1. The van der Waals surface area contributed by atoms with Crippen LogP contribution in [0.2, 0.25) is 0 Å². The summed E-state index contributed by atoms with van der Waals surface area (Å²) >= 11 is 0.964. The fraction of sp³-hybridized carbons (Fsp3) is 0.556. The van der Waals surface area contributed by atoms with E-state index in [2.05, 4.69) is 102 Å². The molecule has 3 unspecified atom stereocenters. The zero-order chi connectivity index (χ0) is 54.8. The van der Waals surface area contributed by atoms with E-state index in [0.29, 0.717) is 12.8 Å². The van der Waals surface area contributed by atoms with E-state index in [1.807, 2.05) is 12.2 Å². The zero-order valence-corrected chi connectivity index (χ0v) is 44.9. The Labute approximate surface area is 433 Å². The van der Waals surface area contributed by atoms with Gasteiger partial charge in [-0.25, -0.2) is 28.6 Å². The van der Waals surface area contributed by atoms with Gasteiger partial charge in [0.1, 0.15) is 36.3 Å². The maximum Gasteiger partial charge on any atom is 0.481 e. The number of phosphoric ester groups is 3. The van der Waals surface area contributed by atoms with Crippen molar-refractivity contribution >= 4 is 69.1 Å². The van der Waals surface area contributed by atoms with Crippen LogP contribution in [0.15, 0.2) is 85.6 Å². The van der Waals surface area contributed by atoms with Crippen LogP contribution < -0.4 is 16.4 Å². The number of nitrogen functional groups attached to an aromatic ring is 1. The SMILES string of the molecule is CC/C=C\C/C=C\C/C=C\C/C=C\C/C=C\C/C=C\CC[C@H](O)CC(=O)SCCNC(=O)CCNC(=O)C(O)C(C)(C)COP(=O)(O)OP(=O)(O)OC[C@@H]1O[C@H](n2cnc3c(N)ncnc32)[C@H](O)[C@@H]1OP(=O)(O)O. The van der Waals surface area contributed by atoms with Crippen molar-refractivity contribution in [3.05, 3.63) is 85.6 Å². The summed E-state index contributed by atoms with van der Waals surface area (Å²) in [5.41, 5.74) is 4.24. The molecule has 0 aliphatic carbocycles. The predicted molar refractivity (Wildman–Crippen MR) is 275 cm³/mol. The third-order valence-corrected chi connectivity index (χ3v) is 14.4. The molecule has 1 saturated heterocycles. The number of hydrogen-bond acceptors (Lipinski definition) is 19. The molecule has 8 atom stereocenters. The topological polar surface area (TPSA) is 384 Å². The van der Waals surface area contributed by atoms with Gasteiger partial charge in [0.05, 0.1) is 25.6 Å². The van der Waals surface area contributed by atoms with Gasteiger partial charge in [-0.2, -0.15) is 4.31 Å². The maximum absolute atomic E-state index is 12.8. The summed E-state index contributed by atoms with van der Waals surface area (Å²) in [6.45, 7) is 2.45. The number of aromatic nitrogens is 4. The molecule has 0 saturated carbocycles. The van der Waals surface area contributed by atoms with Crippen molar-refractivity contribution in [2.24, 2.45) is 5.41 Å². The molecule has 1 fully saturated rings. The van der Waals surface area contributed by atoms with Crippen LogP contribution in [0.1, 0.15) is 91.2 Å². The Morgan fingerprint density at radius 1 is 0.851 bits per heavy atom. The lowest BCUT2D eigenvalue weighted by molar-refractivity contribution is -0.137. The Bertz CT molecular complexity index is 2430. The van der Waals surface area contributed by atoms with Crippen LogP contribution in [-0.4, -0.2) is 134 Å². The van der Waals surface area contributed by atoms with Crippen molar-refractivity contribution in [1.82, 2.24) is 30.2 Å². The summed E-state index contributed by atoms with van der Waals surface area (Å²) in [4.78, 5) is 88.5. The number of phosphoric acid groups is 3. The molecule has 25 nitrogen and oxygen atoms in total. The van der Waals surface area contributed by atoms with E-state index < -0.39 is 90.7 Å². The molecule has 3 heterocycles. The maximum atomic E-state index is 12.8. The van der Waals surface area contributed by atoms with Crippen LogP contribution >= 0.6 is 35.2 Å². The lowest BCUT2D eigenvalue weighted by Crippen LogP contribution is -2.46. The number of hydrogen-bond donors (Lipinski definition) is 10. The number of imidazole rings is 1. The lowest BCUT2D eigenvalue weighted by Gasteiger charge is -2.30. The molecule has 74 heavy (non-hydrogen) atoms. The van der Waals surface area contributed by atoms with E-state index in [4.69, 9.17) is 19.5 Å². The third-order valence-electron chi connectivity index (χ3n) is 10.4. The Kier molecular flexibility index (Phi) is 28.2. The number of ether oxygens (including phenoxy) is 1. The van der Waals surface area contributed by atoms with E-state index in [1.165, 1.54) is 13.8 Å². The van der Waals surface area contributed by atoms with E-state index in [0.717, 1.165) is 67.5 Å². The van der Waals surface area contributed by atoms with Crippen LogP contribution in [0.5, 0.6) is 0 Å². The van der Waals surface area contributed by atoms with Crippen molar-refractivity contribution in [1.29, 1.82) is 0 Å². The molecule has 414 valence electrons.